The maximum atomic E-state index is 6.13. The van der Waals surface area contributed by atoms with Crippen LogP contribution < -0.4 is 10.6 Å². The monoisotopic (exact) mass is 391 g/mol. The molecule has 1 aromatic heterocycles. The lowest BCUT2D eigenvalue weighted by Gasteiger charge is -2.10. The Morgan fingerprint density at radius 1 is 1.12 bits per heavy atom. The van der Waals surface area contributed by atoms with Crippen molar-refractivity contribution in [3.05, 3.63) is 70.0 Å². The number of thiocarbonyl (C=S) groups is 1. The summed E-state index contributed by atoms with van der Waals surface area (Å²) in [5, 5.41) is 11.5. The smallest absolute Gasteiger partial charge is 0.248 e. The number of aromatic nitrogens is 3. The van der Waals surface area contributed by atoms with Gasteiger partial charge in [-0.25, -0.2) is 9.67 Å². The third-order valence-electron chi connectivity index (χ3n) is 3.43. The van der Waals surface area contributed by atoms with E-state index in [1.807, 2.05) is 0 Å². The molecule has 0 saturated heterocycles. The van der Waals surface area contributed by atoms with Crippen LogP contribution in [0.1, 0.15) is 11.1 Å². The predicted octanol–water partition coefficient (Wildman–Crippen LogP) is 4.75. The Balaban J connectivity index is 1.61. The Hall–Kier alpha value is -2.15. The van der Waals surface area contributed by atoms with Crippen LogP contribution in [0.15, 0.2) is 48.8 Å². The number of halogens is 2. The van der Waals surface area contributed by atoms with Gasteiger partial charge in [-0.3, -0.25) is 5.32 Å². The van der Waals surface area contributed by atoms with E-state index in [2.05, 4.69) is 51.9 Å². The minimum absolute atomic E-state index is 0.331. The van der Waals surface area contributed by atoms with Crippen molar-refractivity contribution >= 4 is 52.2 Å². The summed E-state index contributed by atoms with van der Waals surface area (Å²) in [6, 6.07) is 13.5. The minimum atomic E-state index is 0.331. The zero-order valence-corrected chi connectivity index (χ0v) is 15.7. The molecule has 128 valence electrons. The zero-order valence-electron chi connectivity index (χ0n) is 13.3. The van der Waals surface area contributed by atoms with E-state index in [9.17, 15) is 0 Å². The van der Waals surface area contributed by atoms with Gasteiger partial charge in [-0.15, -0.1) is 5.10 Å². The molecule has 8 heteroatoms. The average Bonchev–Trinajstić information content (AvgIpc) is 3.01. The molecule has 3 aromatic rings. The zero-order chi connectivity index (χ0) is 17.8. The van der Waals surface area contributed by atoms with Gasteiger partial charge in [0.25, 0.3) is 0 Å². The lowest BCUT2D eigenvalue weighted by molar-refractivity contribution is 0.687. The fourth-order valence-electron chi connectivity index (χ4n) is 2.16. The first kappa shape index (κ1) is 17.7. The molecule has 0 fully saturated rings. The van der Waals surface area contributed by atoms with Crippen molar-refractivity contribution in [3.8, 4) is 0 Å². The fourth-order valence-corrected chi connectivity index (χ4v) is 2.71. The largest absolute Gasteiger partial charge is 0.331 e. The van der Waals surface area contributed by atoms with Gasteiger partial charge in [0.2, 0.25) is 5.95 Å². The van der Waals surface area contributed by atoms with Gasteiger partial charge < -0.3 is 5.32 Å². The summed E-state index contributed by atoms with van der Waals surface area (Å²) in [6.07, 6.45) is 1.65. The van der Waals surface area contributed by atoms with Crippen molar-refractivity contribution in [2.75, 3.05) is 10.6 Å². The third kappa shape index (κ3) is 4.69. The molecule has 0 unspecified atom stereocenters. The number of hydrogen-bond donors (Lipinski definition) is 2. The number of anilines is 2. The lowest BCUT2D eigenvalue weighted by Crippen LogP contribution is -2.20. The number of hydrogen-bond acceptors (Lipinski definition) is 3. The van der Waals surface area contributed by atoms with Crippen LogP contribution in [-0.2, 0) is 6.54 Å². The molecule has 0 aliphatic carbocycles. The number of benzene rings is 2. The van der Waals surface area contributed by atoms with Gasteiger partial charge in [0.05, 0.1) is 22.3 Å². The molecule has 0 aliphatic heterocycles. The number of nitrogens with one attached hydrogen (secondary N) is 2. The molecule has 0 spiro atoms. The van der Waals surface area contributed by atoms with Crippen LogP contribution in [0.3, 0.4) is 0 Å². The van der Waals surface area contributed by atoms with E-state index in [-0.39, 0.29) is 0 Å². The van der Waals surface area contributed by atoms with Gasteiger partial charge >= 0.3 is 0 Å². The van der Waals surface area contributed by atoms with E-state index < -0.39 is 0 Å². The molecule has 0 amide bonds. The molecular formula is C17H15Cl2N5S. The maximum absolute atomic E-state index is 6.13. The second kappa shape index (κ2) is 7.82. The third-order valence-corrected chi connectivity index (χ3v) is 4.45. The second-order valence-corrected chi connectivity index (χ2v) is 6.63. The minimum Gasteiger partial charge on any atom is -0.331 e. The summed E-state index contributed by atoms with van der Waals surface area (Å²) < 4.78 is 1.74. The molecule has 0 saturated carbocycles. The van der Waals surface area contributed by atoms with Crippen LogP contribution in [0.2, 0.25) is 10.0 Å². The predicted molar refractivity (Wildman–Crippen MR) is 107 cm³/mol. The van der Waals surface area contributed by atoms with Crippen molar-refractivity contribution in [3.63, 3.8) is 0 Å². The van der Waals surface area contributed by atoms with Crippen LogP contribution in [0.25, 0.3) is 0 Å². The van der Waals surface area contributed by atoms with Crippen molar-refractivity contribution in [2.45, 2.75) is 13.5 Å². The van der Waals surface area contributed by atoms with Gasteiger partial charge in [0.1, 0.15) is 6.33 Å². The van der Waals surface area contributed by atoms with Crippen LogP contribution in [0.4, 0.5) is 11.6 Å². The highest BCUT2D eigenvalue weighted by molar-refractivity contribution is 7.80. The van der Waals surface area contributed by atoms with E-state index in [1.54, 1.807) is 29.2 Å². The highest BCUT2D eigenvalue weighted by Crippen LogP contribution is 2.29. The van der Waals surface area contributed by atoms with Crippen molar-refractivity contribution in [1.82, 2.24) is 14.8 Å². The summed E-state index contributed by atoms with van der Waals surface area (Å²) in [4.78, 5) is 4.21. The average molecular weight is 392 g/mol. The first-order valence-corrected chi connectivity index (χ1v) is 8.65. The van der Waals surface area contributed by atoms with Gasteiger partial charge in [-0.2, -0.15) is 0 Å². The van der Waals surface area contributed by atoms with Gasteiger partial charge in [-0.1, -0.05) is 59.1 Å². The number of rotatable bonds is 4. The maximum Gasteiger partial charge on any atom is 0.248 e. The van der Waals surface area contributed by atoms with Crippen molar-refractivity contribution in [2.24, 2.45) is 0 Å². The fraction of sp³-hybridized carbons (Fsp3) is 0.118. The van der Waals surface area contributed by atoms with E-state index >= 15 is 0 Å². The van der Waals surface area contributed by atoms with Crippen molar-refractivity contribution in [1.29, 1.82) is 0 Å². The highest BCUT2D eigenvalue weighted by atomic mass is 35.5. The molecule has 2 N–H and O–H groups in total. The molecular weight excluding hydrogens is 377 g/mol. The summed E-state index contributed by atoms with van der Waals surface area (Å²) in [5.74, 6) is 0.405. The van der Waals surface area contributed by atoms with Crippen LogP contribution in [0, 0.1) is 6.92 Å². The van der Waals surface area contributed by atoms with Gasteiger partial charge in [-0.05, 0) is 36.8 Å². The molecule has 2 aromatic carbocycles. The van der Waals surface area contributed by atoms with Crippen LogP contribution >= 0.6 is 35.4 Å². The Labute approximate surface area is 161 Å². The number of aryl methyl sites for hydroxylation is 1. The van der Waals surface area contributed by atoms with E-state index in [0.29, 0.717) is 33.3 Å². The van der Waals surface area contributed by atoms with Crippen molar-refractivity contribution < 1.29 is 0 Å². The number of nitrogens with zero attached hydrogens (tertiary/aromatic N) is 3. The second-order valence-electron chi connectivity index (χ2n) is 5.43. The van der Waals surface area contributed by atoms with Gasteiger partial charge in [0.15, 0.2) is 5.11 Å². The summed E-state index contributed by atoms with van der Waals surface area (Å²) >= 11 is 17.4. The summed E-state index contributed by atoms with van der Waals surface area (Å²) in [7, 11) is 0. The molecule has 25 heavy (non-hydrogen) atoms. The topological polar surface area (TPSA) is 54.8 Å². The molecule has 5 nitrogen and oxygen atoms in total. The SMILES string of the molecule is Cc1ccc(Cn2cnc(NC(=S)Nc3cccc(Cl)c3Cl)n2)cc1. The summed E-state index contributed by atoms with van der Waals surface area (Å²) in [5.41, 5.74) is 2.99. The Bertz CT molecular complexity index is 892. The molecule has 0 bridgehead atoms. The van der Waals surface area contributed by atoms with E-state index in [1.165, 1.54) is 5.56 Å². The lowest BCUT2D eigenvalue weighted by atomic mass is 10.1. The Morgan fingerprint density at radius 3 is 2.64 bits per heavy atom. The Morgan fingerprint density at radius 2 is 1.88 bits per heavy atom. The first-order chi connectivity index (χ1) is 12.0. The van der Waals surface area contributed by atoms with Crippen LogP contribution in [0.5, 0.6) is 0 Å². The molecule has 3 rings (SSSR count). The van der Waals surface area contributed by atoms with E-state index in [0.717, 1.165) is 5.56 Å². The molecule has 0 radical (unpaired) electrons. The highest BCUT2D eigenvalue weighted by Gasteiger charge is 2.08. The molecule has 1 heterocycles. The summed E-state index contributed by atoms with van der Waals surface area (Å²) in [6.45, 7) is 2.69. The normalized spacial score (nSPS) is 10.5. The first-order valence-electron chi connectivity index (χ1n) is 7.48. The van der Waals surface area contributed by atoms with Crippen LogP contribution in [-0.4, -0.2) is 19.9 Å². The van der Waals surface area contributed by atoms with Gasteiger partial charge in [0, 0.05) is 0 Å². The van der Waals surface area contributed by atoms with E-state index in [4.69, 9.17) is 35.4 Å². The quantitative estimate of drug-likeness (QED) is 0.628. The Kier molecular flexibility index (Phi) is 5.53. The standard InChI is InChI=1S/C17H15Cl2N5S/c1-11-5-7-12(8-6-11)9-24-10-20-16(23-24)22-17(25)21-14-4-2-3-13(18)15(14)19/h2-8,10H,9H2,1H3,(H2,21,22,23,25). The molecule has 0 atom stereocenters. The molecule has 0 aliphatic rings.